The number of hydrogen-bond acceptors (Lipinski definition) is 3. The third-order valence-corrected chi connectivity index (χ3v) is 1.18. The summed E-state index contributed by atoms with van der Waals surface area (Å²) in [5.41, 5.74) is 6.51. The molecule has 1 rings (SSSR count). The lowest BCUT2D eigenvalue weighted by Gasteiger charge is -1.97. The molecule has 0 aliphatic rings. The minimum atomic E-state index is 0.164. The first-order valence-electron chi connectivity index (χ1n) is 3.29. The van der Waals surface area contributed by atoms with Gasteiger partial charge in [0.2, 0.25) is 0 Å². The Morgan fingerprint density at radius 3 is 2.90 bits per heavy atom. The van der Waals surface area contributed by atoms with Crippen LogP contribution in [0.25, 0.3) is 0 Å². The van der Waals surface area contributed by atoms with E-state index in [0.29, 0.717) is 0 Å². The summed E-state index contributed by atoms with van der Waals surface area (Å²) in [4.78, 5) is 0. The average molecular weight is 140 g/mol. The smallest absolute Gasteiger partial charge is 0.0842 e. The molecule has 4 nitrogen and oxygen atoms in total. The van der Waals surface area contributed by atoms with Crippen LogP contribution in [0.2, 0.25) is 0 Å². The van der Waals surface area contributed by atoms with Crippen LogP contribution < -0.4 is 5.73 Å². The maximum atomic E-state index is 5.56. The first-order valence-corrected chi connectivity index (χ1v) is 3.29. The zero-order valence-corrected chi connectivity index (χ0v) is 6.28. The van der Waals surface area contributed by atoms with Gasteiger partial charge in [-0.3, -0.25) is 4.68 Å². The van der Waals surface area contributed by atoms with E-state index >= 15 is 0 Å². The highest BCUT2D eigenvalue weighted by Gasteiger charge is 2.00. The van der Waals surface area contributed by atoms with E-state index in [1.54, 1.807) is 4.68 Å². The summed E-state index contributed by atoms with van der Waals surface area (Å²) in [7, 11) is 1.84. The lowest BCUT2D eigenvalue weighted by molar-refractivity contribution is 0.701. The van der Waals surface area contributed by atoms with Crippen LogP contribution in [0.15, 0.2) is 6.20 Å². The molecule has 1 atom stereocenters. The van der Waals surface area contributed by atoms with Gasteiger partial charge in [-0.15, -0.1) is 5.10 Å². The van der Waals surface area contributed by atoms with Gasteiger partial charge in [-0.05, 0) is 6.92 Å². The normalized spacial score (nSPS) is 13.5. The van der Waals surface area contributed by atoms with E-state index in [1.807, 2.05) is 20.2 Å². The van der Waals surface area contributed by atoms with Crippen molar-refractivity contribution in [2.75, 3.05) is 0 Å². The third-order valence-electron chi connectivity index (χ3n) is 1.18. The summed E-state index contributed by atoms with van der Waals surface area (Å²) in [6, 6.07) is 0.164. The molecule has 1 aromatic rings. The molecule has 0 bridgehead atoms. The van der Waals surface area contributed by atoms with Crippen LogP contribution in [0.3, 0.4) is 0 Å². The van der Waals surface area contributed by atoms with E-state index in [0.717, 1.165) is 12.1 Å². The Bertz CT molecular complexity index is 203. The molecule has 10 heavy (non-hydrogen) atoms. The summed E-state index contributed by atoms with van der Waals surface area (Å²) in [6.45, 7) is 1.95. The molecule has 0 spiro atoms. The fourth-order valence-electron chi connectivity index (χ4n) is 0.819. The van der Waals surface area contributed by atoms with Gasteiger partial charge in [0.1, 0.15) is 0 Å². The van der Waals surface area contributed by atoms with Crippen molar-refractivity contribution in [2.45, 2.75) is 19.4 Å². The zero-order chi connectivity index (χ0) is 7.56. The Hall–Kier alpha value is -0.900. The summed E-state index contributed by atoms with van der Waals surface area (Å²) in [6.07, 6.45) is 2.68. The first kappa shape index (κ1) is 7.21. The third kappa shape index (κ3) is 1.80. The highest BCUT2D eigenvalue weighted by atomic mass is 15.4. The molecule has 0 aliphatic carbocycles. The summed E-state index contributed by atoms with van der Waals surface area (Å²) in [5.74, 6) is 0. The zero-order valence-electron chi connectivity index (χ0n) is 6.28. The van der Waals surface area contributed by atoms with Gasteiger partial charge in [-0.2, -0.15) is 0 Å². The monoisotopic (exact) mass is 140 g/mol. The largest absolute Gasteiger partial charge is 0.328 e. The Labute approximate surface area is 60.0 Å². The van der Waals surface area contributed by atoms with Gasteiger partial charge in [-0.1, -0.05) is 5.21 Å². The predicted octanol–water partition coefficient (Wildman–Crippen LogP) is -0.295. The summed E-state index contributed by atoms with van der Waals surface area (Å²) < 4.78 is 1.68. The van der Waals surface area contributed by atoms with Gasteiger partial charge in [-0.25, -0.2) is 0 Å². The molecule has 0 aliphatic heterocycles. The molecule has 0 amide bonds. The number of nitrogens with zero attached hydrogens (tertiary/aromatic N) is 3. The molecule has 0 radical (unpaired) electrons. The second-order valence-electron chi connectivity index (χ2n) is 2.56. The number of nitrogens with two attached hydrogens (primary N) is 1. The summed E-state index contributed by atoms with van der Waals surface area (Å²) >= 11 is 0. The van der Waals surface area contributed by atoms with Crippen LogP contribution in [0, 0.1) is 0 Å². The Morgan fingerprint density at radius 1 is 1.80 bits per heavy atom. The van der Waals surface area contributed by atoms with Crippen molar-refractivity contribution in [3.8, 4) is 0 Å². The Morgan fingerprint density at radius 2 is 2.50 bits per heavy atom. The van der Waals surface area contributed by atoms with Crippen LogP contribution in [0.5, 0.6) is 0 Å². The molecule has 0 fully saturated rings. The molecule has 1 unspecified atom stereocenters. The van der Waals surface area contributed by atoms with Crippen molar-refractivity contribution in [2.24, 2.45) is 12.8 Å². The molecule has 1 heterocycles. The number of hydrogen-bond donors (Lipinski definition) is 1. The SMILES string of the molecule is CC(N)Cc1cn(C)nn1. The van der Waals surface area contributed by atoms with Crippen molar-refractivity contribution in [3.05, 3.63) is 11.9 Å². The van der Waals surface area contributed by atoms with Crippen molar-refractivity contribution >= 4 is 0 Å². The van der Waals surface area contributed by atoms with E-state index < -0.39 is 0 Å². The lowest BCUT2D eigenvalue weighted by atomic mass is 10.2. The van der Waals surface area contributed by atoms with E-state index in [4.69, 9.17) is 5.73 Å². The van der Waals surface area contributed by atoms with Crippen molar-refractivity contribution in [1.29, 1.82) is 0 Å². The van der Waals surface area contributed by atoms with Gasteiger partial charge < -0.3 is 5.73 Å². The number of aromatic nitrogens is 3. The topological polar surface area (TPSA) is 56.7 Å². The minimum absolute atomic E-state index is 0.164. The van der Waals surface area contributed by atoms with Gasteiger partial charge in [0.15, 0.2) is 0 Å². The number of aryl methyl sites for hydroxylation is 1. The van der Waals surface area contributed by atoms with E-state index in [9.17, 15) is 0 Å². The second-order valence-corrected chi connectivity index (χ2v) is 2.56. The van der Waals surface area contributed by atoms with Gasteiger partial charge in [0.25, 0.3) is 0 Å². The quantitative estimate of drug-likeness (QED) is 0.614. The molecule has 0 aromatic carbocycles. The lowest BCUT2D eigenvalue weighted by Crippen LogP contribution is -2.17. The first-order chi connectivity index (χ1) is 4.68. The van der Waals surface area contributed by atoms with Crippen molar-refractivity contribution < 1.29 is 0 Å². The highest BCUT2D eigenvalue weighted by molar-refractivity contribution is 4.93. The minimum Gasteiger partial charge on any atom is -0.328 e. The summed E-state index contributed by atoms with van der Waals surface area (Å²) in [5, 5.41) is 7.67. The van der Waals surface area contributed by atoms with Gasteiger partial charge in [0, 0.05) is 25.7 Å². The maximum Gasteiger partial charge on any atom is 0.0842 e. The fourth-order valence-corrected chi connectivity index (χ4v) is 0.819. The molecule has 4 heteroatoms. The Kier molecular flexibility index (Phi) is 2.01. The molecule has 1 aromatic heterocycles. The predicted molar refractivity (Wildman–Crippen MR) is 38.4 cm³/mol. The second kappa shape index (κ2) is 2.79. The Balaban J connectivity index is 2.58. The average Bonchev–Trinajstić information content (AvgIpc) is 2.13. The molecule has 0 saturated heterocycles. The molecule has 0 saturated carbocycles. The standard InChI is InChI=1S/C6H12N4/c1-5(7)3-6-4-10(2)9-8-6/h4-5H,3,7H2,1-2H3. The van der Waals surface area contributed by atoms with Crippen molar-refractivity contribution in [3.63, 3.8) is 0 Å². The van der Waals surface area contributed by atoms with Crippen LogP contribution in [-0.4, -0.2) is 21.0 Å². The van der Waals surface area contributed by atoms with Gasteiger partial charge >= 0.3 is 0 Å². The van der Waals surface area contributed by atoms with Crippen LogP contribution in [0.4, 0.5) is 0 Å². The van der Waals surface area contributed by atoms with Gasteiger partial charge in [0.05, 0.1) is 5.69 Å². The van der Waals surface area contributed by atoms with E-state index in [2.05, 4.69) is 10.3 Å². The highest BCUT2D eigenvalue weighted by Crippen LogP contribution is 1.94. The number of rotatable bonds is 2. The fraction of sp³-hybridized carbons (Fsp3) is 0.667. The molecular weight excluding hydrogens is 128 g/mol. The van der Waals surface area contributed by atoms with E-state index in [1.165, 1.54) is 0 Å². The molecule has 56 valence electrons. The van der Waals surface area contributed by atoms with Crippen LogP contribution in [0.1, 0.15) is 12.6 Å². The molecule has 2 N–H and O–H groups in total. The van der Waals surface area contributed by atoms with Crippen molar-refractivity contribution in [1.82, 2.24) is 15.0 Å². The van der Waals surface area contributed by atoms with E-state index in [-0.39, 0.29) is 6.04 Å². The molecular formula is C6H12N4. The van der Waals surface area contributed by atoms with Crippen LogP contribution in [-0.2, 0) is 13.5 Å². The van der Waals surface area contributed by atoms with Crippen LogP contribution >= 0.6 is 0 Å². The maximum absolute atomic E-state index is 5.56.